The molecule has 0 radical (unpaired) electrons. The monoisotopic (exact) mass is 283 g/mol. The summed E-state index contributed by atoms with van der Waals surface area (Å²) in [7, 11) is -4.00. The van der Waals surface area contributed by atoms with Gasteiger partial charge in [-0.25, -0.2) is 23.6 Å². The highest BCUT2D eigenvalue weighted by Gasteiger charge is 2.20. The van der Waals surface area contributed by atoms with Gasteiger partial charge in [0, 0.05) is 12.4 Å². The molecule has 0 aliphatic carbocycles. The predicted octanol–water partition coefficient (Wildman–Crippen LogP) is 0.702. The summed E-state index contributed by atoms with van der Waals surface area (Å²) in [4.78, 5) is 7.11. The molecule has 0 atom stereocenters. The third-order valence-electron chi connectivity index (χ3n) is 2.21. The van der Waals surface area contributed by atoms with Crippen LogP contribution >= 0.6 is 0 Å². The van der Waals surface area contributed by atoms with E-state index >= 15 is 0 Å². The van der Waals surface area contributed by atoms with E-state index in [4.69, 9.17) is 5.84 Å². The number of pyridine rings is 2. The molecule has 0 bridgehead atoms. The molecule has 0 spiro atoms. The maximum atomic E-state index is 13.4. The van der Waals surface area contributed by atoms with E-state index in [9.17, 15) is 12.8 Å². The average molecular weight is 283 g/mol. The first-order chi connectivity index (χ1) is 9.04. The topological polar surface area (TPSA) is 110 Å². The van der Waals surface area contributed by atoms with Gasteiger partial charge in [0.1, 0.15) is 4.90 Å². The minimum absolute atomic E-state index is 0.0375. The van der Waals surface area contributed by atoms with Crippen molar-refractivity contribution in [1.82, 2.24) is 9.97 Å². The Morgan fingerprint density at radius 3 is 2.74 bits per heavy atom. The fourth-order valence-corrected chi connectivity index (χ4v) is 2.56. The number of nitrogen functional groups attached to an aromatic ring is 1. The summed E-state index contributed by atoms with van der Waals surface area (Å²) < 4.78 is 39.7. The number of rotatable bonds is 4. The number of hydrogen-bond acceptors (Lipinski definition) is 6. The second-order valence-corrected chi connectivity index (χ2v) is 5.11. The molecule has 0 aliphatic rings. The Morgan fingerprint density at radius 1 is 1.26 bits per heavy atom. The summed E-state index contributed by atoms with van der Waals surface area (Å²) in [6.07, 6.45) is 3.55. The molecule has 0 fully saturated rings. The lowest BCUT2D eigenvalue weighted by Crippen LogP contribution is -2.19. The Morgan fingerprint density at radius 2 is 2.05 bits per heavy atom. The molecule has 4 N–H and O–H groups in total. The van der Waals surface area contributed by atoms with Crippen LogP contribution in [0.2, 0.25) is 0 Å². The lowest BCUT2D eigenvalue weighted by Gasteiger charge is -2.11. The molecule has 19 heavy (non-hydrogen) atoms. The normalized spacial score (nSPS) is 11.1. The van der Waals surface area contributed by atoms with E-state index in [1.165, 1.54) is 30.6 Å². The van der Waals surface area contributed by atoms with Crippen LogP contribution in [-0.4, -0.2) is 18.4 Å². The van der Waals surface area contributed by atoms with Crippen molar-refractivity contribution in [2.24, 2.45) is 5.84 Å². The van der Waals surface area contributed by atoms with E-state index in [0.29, 0.717) is 0 Å². The summed E-state index contributed by atoms with van der Waals surface area (Å²) in [6, 6.07) is 3.93. The number of sulfonamides is 1. The molecule has 2 heterocycles. The van der Waals surface area contributed by atoms with Crippen LogP contribution in [0, 0.1) is 5.82 Å². The van der Waals surface area contributed by atoms with Crippen LogP contribution in [0.15, 0.2) is 41.7 Å². The molecule has 100 valence electrons. The number of halogens is 1. The van der Waals surface area contributed by atoms with Gasteiger partial charge in [-0.05, 0) is 18.2 Å². The fourth-order valence-electron chi connectivity index (χ4n) is 1.37. The van der Waals surface area contributed by atoms with Gasteiger partial charge in [-0.1, -0.05) is 0 Å². The van der Waals surface area contributed by atoms with Crippen LogP contribution in [0.1, 0.15) is 0 Å². The molecule has 7 nitrogen and oxygen atoms in total. The van der Waals surface area contributed by atoms with E-state index in [-0.39, 0.29) is 16.4 Å². The number of anilines is 2. The van der Waals surface area contributed by atoms with Gasteiger partial charge >= 0.3 is 0 Å². The average Bonchev–Trinajstić information content (AvgIpc) is 2.41. The van der Waals surface area contributed by atoms with Gasteiger partial charge in [0.25, 0.3) is 10.0 Å². The Bertz CT molecular complexity index is 692. The largest absolute Gasteiger partial charge is 0.307 e. The highest BCUT2D eigenvalue weighted by Crippen LogP contribution is 2.21. The Kier molecular flexibility index (Phi) is 3.58. The fraction of sp³-hybridized carbons (Fsp3) is 0. The van der Waals surface area contributed by atoms with Crippen molar-refractivity contribution < 1.29 is 12.8 Å². The summed E-state index contributed by atoms with van der Waals surface area (Å²) in [5.74, 6) is 4.36. The minimum Gasteiger partial charge on any atom is -0.307 e. The van der Waals surface area contributed by atoms with Gasteiger partial charge in [0.05, 0.1) is 11.9 Å². The SMILES string of the molecule is NNc1ncccc1S(=O)(=O)Nc1ccncc1F. The van der Waals surface area contributed by atoms with Gasteiger partial charge in [0.2, 0.25) is 0 Å². The molecular formula is C10H10FN5O2S. The summed E-state index contributed by atoms with van der Waals surface area (Å²) in [6.45, 7) is 0. The molecule has 0 aliphatic heterocycles. The maximum absolute atomic E-state index is 13.4. The van der Waals surface area contributed by atoms with Gasteiger partial charge in [0.15, 0.2) is 11.6 Å². The quantitative estimate of drug-likeness (QED) is 0.563. The Balaban J connectivity index is 2.41. The lowest BCUT2D eigenvalue weighted by atomic mass is 10.4. The summed E-state index contributed by atoms with van der Waals surface area (Å²) in [5.41, 5.74) is 1.96. The van der Waals surface area contributed by atoms with Crippen molar-refractivity contribution in [1.29, 1.82) is 0 Å². The van der Waals surface area contributed by atoms with Crippen molar-refractivity contribution in [2.75, 3.05) is 10.1 Å². The molecule has 0 saturated heterocycles. The first kappa shape index (κ1) is 13.2. The highest BCUT2D eigenvalue weighted by atomic mass is 32.2. The van der Waals surface area contributed by atoms with E-state index in [1.54, 1.807) is 0 Å². The molecular weight excluding hydrogens is 273 g/mol. The molecule has 0 unspecified atom stereocenters. The number of nitrogens with zero attached hydrogens (tertiary/aromatic N) is 2. The smallest absolute Gasteiger partial charge is 0.265 e. The predicted molar refractivity (Wildman–Crippen MR) is 67.1 cm³/mol. The van der Waals surface area contributed by atoms with Gasteiger partial charge in [-0.3, -0.25) is 9.71 Å². The Hall–Kier alpha value is -2.26. The molecule has 2 rings (SSSR count). The van der Waals surface area contributed by atoms with Crippen LogP contribution in [0.25, 0.3) is 0 Å². The maximum Gasteiger partial charge on any atom is 0.265 e. The van der Waals surface area contributed by atoms with Crippen molar-refractivity contribution in [3.05, 3.63) is 42.6 Å². The van der Waals surface area contributed by atoms with Gasteiger partial charge in [-0.15, -0.1) is 0 Å². The first-order valence-corrected chi connectivity index (χ1v) is 6.57. The number of nitrogens with one attached hydrogen (secondary N) is 2. The van der Waals surface area contributed by atoms with Crippen LogP contribution in [-0.2, 0) is 10.0 Å². The second kappa shape index (κ2) is 5.16. The number of nitrogens with two attached hydrogens (primary N) is 1. The molecule has 2 aromatic rings. The van der Waals surface area contributed by atoms with Crippen LogP contribution in [0.4, 0.5) is 15.9 Å². The van der Waals surface area contributed by atoms with Crippen molar-refractivity contribution in [3.63, 3.8) is 0 Å². The zero-order valence-corrected chi connectivity index (χ0v) is 10.4. The molecule has 0 aromatic carbocycles. The van der Waals surface area contributed by atoms with Crippen molar-refractivity contribution >= 4 is 21.5 Å². The van der Waals surface area contributed by atoms with Crippen LogP contribution in [0.3, 0.4) is 0 Å². The molecule has 9 heteroatoms. The van der Waals surface area contributed by atoms with E-state index in [1.807, 2.05) is 0 Å². The number of aromatic nitrogens is 2. The molecule has 0 amide bonds. The number of hydrazine groups is 1. The van der Waals surface area contributed by atoms with Gasteiger partial charge in [-0.2, -0.15) is 0 Å². The highest BCUT2D eigenvalue weighted by molar-refractivity contribution is 7.92. The van der Waals surface area contributed by atoms with Crippen molar-refractivity contribution in [2.45, 2.75) is 4.90 Å². The first-order valence-electron chi connectivity index (χ1n) is 5.08. The molecule has 2 aromatic heterocycles. The van der Waals surface area contributed by atoms with E-state index in [0.717, 1.165) is 6.20 Å². The van der Waals surface area contributed by atoms with E-state index < -0.39 is 15.8 Å². The third kappa shape index (κ3) is 2.77. The molecule has 0 saturated carbocycles. The van der Waals surface area contributed by atoms with Gasteiger partial charge < -0.3 is 5.43 Å². The standard InChI is InChI=1S/C10H10FN5O2S/c11-7-6-13-5-3-8(7)16-19(17,18)9-2-1-4-14-10(9)15-12/h1-6H,12H2,(H,13,16)(H,14,15). The Labute approximate surface area is 108 Å². The number of hydrogen-bond donors (Lipinski definition) is 3. The third-order valence-corrected chi connectivity index (χ3v) is 3.61. The lowest BCUT2D eigenvalue weighted by molar-refractivity contribution is 0.598. The van der Waals surface area contributed by atoms with Crippen molar-refractivity contribution in [3.8, 4) is 0 Å². The zero-order valence-electron chi connectivity index (χ0n) is 9.54. The summed E-state index contributed by atoms with van der Waals surface area (Å²) >= 11 is 0. The van der Waals surface area contributed by atoms with E-state index in [2.05, 4.69) is 20.1 Å². The van der Waals surface area contributed by atoms with Crippen LogP contribution < -0.4 is 16.0 Å². The second-order valence-electron chi connectivity index (χ2n) is 3.46. The minimum atomic E-state index is -4.00. The summed E-state index contributed by atoms with van der Waals surface area (Å²) in [5, 5.41) is 0. The van der Waals surface area contributed by atoms with Crippen LogP contribution in [0.5, 0.6) is 0 Å². The zero-order chi connectivity index (χ0) is 13.9.